The number of hydrogen-bond acceptors (Lipinski definition) is 5. The second-order valence-electron chi connectivity index (χ2n) is 4.19. The number of phenols is 4. The first-order chi connectivity index (χ1) is 8.90. The Morgan fingerprint density at radius 1 is 0.842 bits per heavy atom. The largest absolute Gasteiger partial charge is 0.508 e. The summed E-state index contributed by atoms with van der Waals surface area (Å²) in [5.41, 5.74) is 0.584. The van der Waals surface area contributed by atoms with E-state index in [1.165, 1.54) is 18.2 Å². The minimum atomic E-state index is -0.518. The van der Waals surface area contributed by atoms with E-state index in [0.717, 1.165) is 12.1 Å². The lowest BCUT2D eigenvalue weighted by Crippen LogP contribution is -2.02. The van der Waals surface area contributed by atoms with Crippen LogP contribution in [0.3, 0.4) is 0 Å². The number of hydrogen-bond donors (Lipinski definition) is 4. The lowest BCUT2D eigenvalue weighted by atomic mass is 10.00. The molecular weight excluding hydrogens is 248 g/mol. The van der Waals surface area contributed by atoms with E-state index in [0.29, 0.717) is 5.56 Å². The average molecular weight is 260 g/mol. The summed E-state index contributed by atoms with van der Waals surface area (Å²) in [6.07, 6.45) is 0. The standard InChI is InChI=1S/C14H12O5/c1-7-4-9(12(17)6-11(7)16)14(19)8-2-3-10(15)13(18)5-8/h2-6,15-18H,1H3. The normalized spacial score (nSPS) is 10.4. The van der Waals surface area contributed by atoms with Gasteiger partial charge in [0.15, 0.2) is 17.3 Å². The summed E-state index contributed by atoms with van der Waals surface area (Å²) in [4.78, 5) is 12.2. The number of aryl methyl sites for hydroxylation is 1. The van der Waals surface area contributed by atoms with Crippen molar-refractivity contribution in [2.75, 3.05) is 0 Å². The van der Waals surface area contributed by atoms with Crippen LogP contribution in [0.25, 0.3) is 0 Å². The molecule has 0 atom stereocenters. The van der Waals surface area contributed by atoms with E-state index in [-0.39, 0.29) is 28.4 Å². The summed E-state index contributed by atoms with van der Waals surface area (Å²) in [5.74, 6) is -1.72. The van der Waals surface area contributed by atoms with E-state index < -0.39 is 11.5 Å². The molecule has 0 spiro atoms. The molecular formula is C14H12O5. The number of phenolic OH excluding ortho intramolecular Hbond substituents is 4. The van der Waals surface area contributed by atoms with Crippen molar-refractivity contribution >= 4 is 5.78 Å². The minimum absolute atomic E-state index is 0.0142. The van der Waals surface area contributed by atoms with Gasteiger partial charge in [0, 0.05) is 11.6 Å². The number of ketones is 1. The number of carbonyl (C=O) groups is 1. The Balaban J connectivity index is 2.49. The topological polar surface area (TPSA) is 98.0 Å². The van der Waals surface area contributed by atoms with Crippen LogP contribution in [-0.4, -0.2) is 26.2 Å². The first-order valence-electron chi connectivity index (χ1n) is 5.49. The number of aromatic hydroxyl groups is 4. The smallest absolute Gasteiger partial charge is 0.196 e. The van der Waals surface area contributed by atoms with Gasteiger partial charge in [0.1, 0.15) is 11.5 Å². The Labute approximate surface area is 109 Å². The van der Waals surface area contributed by atoms with Crippen molar-refractivity contribution in [3.05, 3.63) is 47.0 Å². The number of carbonyl (C=O) groups excluding carboxylic acids is 1. The van der Waals surface area contributed by atoms with Gasteiger partial charge >= 0.3 is 0 Å². The van der Waals surface area contributed by atoms with Crippen LogP contribution >= 0.6 is 0 Å². The molecule has 2 aromatic carbocycles. The van der Waals surface area contributed by atoms with Gasteiger partial charge in [-0.25, -0.2) is 0 Å². The fourth-order valence-electron chi connectivity index (χ4n) is 1.69. The predicted octanol–water partition coefficient (Wildman–Crippen LogP) is 2.05. The van der Waals surface area contributed by atoms with Gasteiger partial charge in [-0.2, -0.15) is 0 Å². The molecule has 5 nitrogen and oxygen atoms in total. The average Bonchev–Trinajstić information content (AvgIpc) is 2.36. The fraction of sp³-hybridized carbons (Fsp3) is 0.0714. The minimum Gasteiger partial charge on any atom is -0.508 e. The third kappa shape index (κ3) is 2.30. The van der Waals surface area contributed by atoms with Gasteiger partial charge in [-0.3, -0.25) is 4.79 Å². The van der Waals surface area contributed by atoms with Crippen molar-refractivity contribution in [2.45, 2.75) is 6.92 Å². The third-order valence-electron chi connectivity index (χ3n) is 2.80. The Morgan fingerprint density at radius 2 is 1.53 bits per heavy atom. The van der Waals surface area contributed by atoms with Crippen molar-refractivity contribution in [1.82, 2.24) is 0 Å². The lowest BCUT2D eigenvalue weighted by molar-refractivity contribution is 0.103. The van der Waals surface area contributed by atoms with Crippen LogP contribution < -0.4 is 0 Å². The number of rotatable bonds is 2. The van der Waals surface area contributed by atoms with Crippen molar-refractivity contribution in [3.8, 4) is 23.0 Å². The monoisotopic (exact) mass is 260 g/mol. The van der Waals surface area contributed by atoms with Crippen LogP contribution in [0.2, 0.25) is 0 Å². The lowest BCUT2D eigenvalue weighted by Gasteiger charge is -2.07. The second kappa shape index (κ2) is 4.53. The maximum Gasteiger partial charge on any atom is 0.196 e. The molecule has 0 bridgehead atoms. The van der Waals surface area contributed by atoms with E-state index in [4.69, 9.17) is 0 Å². The second-order valence-corrected chi connectivity index (χ2v) is 4.19. The van der Waals surface area contributed by atoms with Crippen LogP contribution in [0.1, 0.15) is 21.5 Å². The van der Waals surface area contributed by atoms with Crippen molar-refractivity contribution < 1.29 is 25.2 Å². The molecule has 0 saturated carbocycles. The molecule has 0 aliphatic carbocycles. The summed E-state index contributed by atoms with van der Waals surface area (Å²) in [7, 11) is 0. The number of benzene rings is 2. The van der Waals surface area contributed by atoms with E-state index >= 15 is 0 Å². The van der Waals surface area contributed by atoms with Crippen LogP contribution in [0.15, 0.2) is 30.3 Å². The summed E-state index contributed by atoms with van der Waals surface area (Å²) in [6.45, 7) is 1.60. The van der Waals surface area contributed by atoms with Gasteiger partial charge in [-0.05, 0) is 36.8 Å². The molecule has 0 aliphatic rings. The zero-order chi connectivity index (χ0) is 14.2. The molecule has 0 heterocycles. The van der Waals surface area contributed by atoms with Crippen LogP contribution in [-0.2, 0) is 0 Å². The maximum atomic E-state index is 12.2. The predicted molar refractivity (Wildman–Crippen MR) is 67.7 cm³/mol. The molecule has 4 N–H and O–H groups in total. The molecule has 0 aliphatic heterocycles. The molecule has 0 aromatic heterocycles. The Hall–Kier alpha value is -2.69. The molecule has 0 amide bonds. The Morgan fingerprint density at radius 3 is 2.16 bits per heavy atom. The molecule has 0 radical (unpaired) electrons. The SMILES string of the molecule is Cc1cc(C(=O)c2ccc(O)c(O)c2)c(O)cc1O. The molecule has 0 saturated heterocycles. The highest BCUT2D eigenvalue weighted by atomic mass is 16.3. The molecule has 98 valence electrons. The zero-order valence-electron chi connectivity index (χ0n) is 10.1. The van der Waals surface area contributed by atoms with Crippen LogP contribution in [0.5, 0.6) is 23.0 Å². The van der Waals surface area contributed by atoms with Gasteiger partial charge < -0.3 is 20.4 Å². The summed E-state index contributed by atoms with van der Waals surface area (Å²) in [5, 5.41) is 37.6. The van der Waals surface area contributed by atoms with Gasteiger partial charge in [0.05, 0.1) is 5.56 Å². The van der Waals surface area contributed by atoms with Crippen molar-refractivity contribution in [1.29, 1.82) is 0 Å². The highest BCUT2D eigenvalue weighted by molar-refractivity contribution is 6.11. The van der Waals surface area contributed by atoms with Gasteiger partial charge in [0.25, 0.3) is 0 Å². The highest BCUT2D eigenvalue weighted by Gasteiger charge is 2.16. The van der Waals surface area contributed by atoms with Gasteiger partial charge in [-0.1, -0.05) is 0 Å². The molecule has 0 unspecified atom stereocenters. The van der Waals surface area contributed by atoms with Gasteiger partial charge in [-0.15, -0.1) is 0 Å². The maximum absolute atomic E-state index is 12.2. The van der Waals surface area contributed by atoms with Crippen LogP contribution in [0.4, 0.5) is 0 Å². The molecule has 2 rings (SSSR count). The van der Waals surface area contributed by atoms with E-state index in [1.807, 2.05) is 0 Å². The van der Waals surface area contributed by atoms with Crippen LogP contribution in [0, 0.1) is 6.92 Å². The van der Waals surface area contributed by atoms with Crippen molar-refractivity contribution in [3.63, 3.8) is 0 Å². The molecule has 19 heavy (non-hydrogen) atoms. The van der Waals surface area contributed by atoms with Gasteiger partial charge in [0.2, 0.25) is 0 Å². The fourth-order valence-corrected chi connectivity index (χ4v) is 1.69. The first kappa shape index (κ1) is 12.8. The summed E-state index contributed by atoms with van der Waals surface area (Å²) >= 11 is 0. The third-order valence-corrected chi connectivity index (χ3v) is 2.80. The molecule has 5 heteroatoms. The quantitative estimate of drug-likeness (QED) is 0.489. The van der Waals surface area contributed by atoms with Crippen molar-refractivity contribution in [2.24, 2.45) is 0 Å². The first-order valence-corrected chi connectivity index (χ1v) is 5.49. The van der Waals surface area contributed by atoms with E-state index in [1.54, 1.807) is 6.92 Å². The summed E-state index contributed by atoms with van der Waals surface area (Å²) in [6, 6.07) is 6.07. The highest BCUT2D eigenvalue weighted by Crippen LogP contribution is 2.31. The van der Waals surface area contributed by atoms with E-state index in [2.05, 4.69) is 0 Å². The molecule has 2 aromatic rings. The molecule has 0 fully saturated rings. The Kier molecular flexibility index (Phi) is 3.04. The Bertz CT molecular complexity index is 661. The van der Waals surface area contributed by atoms with E-state index in [9.17, 15) is 25.2 Å². The summed E-state index contributed by atoms with van der Waals surface area (Å²) < 4.78 is 0. The zero-order valence-corrected chi connectivity index (χ0v) is 10.1.